The molecule has 0 amide bonds. The third kappa shape index (κ3) is 3.09. The molecule has 2 heterocycles. The number of furan rings is 1. The van der Waals surface area contributed by atoms with Crippen molar-refractivity contribution in [2.24, 2.45) is 5.10 Å². The van der Waals surface area contributed by atoms with E-state index in [0.29, 0.717) is 5.76 Å². The molecule has 0 saturated carbocycles. The fraction of sp³-hybridized carbons (Fsp3) is 0. The maximum absolute atomic E-state index is 6.05. The van der Waals surface area contributed by atoms with Crippen molar-refractivity contribution < 1.29 is 4.42 Å². The van der Waals surface area contributed by atoms with Crippen LogP contribution in [0.25, 0.3) is 32.6 Å². The lowest BCUT2D eigenvalue weighted by Gasteiger charge is -2.03. The van der Waals surface area contributed by atoms with Crippen molar-refractivity contribution in [2.45, 2.75) is 0 Å². The lowest BCUT2D eigenvalue weighted by Crippen LogP contribution is -2.08. The van der Waals surface area contributed by atoms with Crippen LogP contribution in [-0.4, -0.2) is 4.98 Å². The molecule has 0 aliphatic carbocycles. The van der Waals surface area contributed by atoms with Gasteiger partial charge in [-0.3, -0.25) is 5.43 Å². The van der Waals surface area contributed by atoms with Crippen LogP contribution in [0.2, 0.25) is 0 Å². The van der Waals surface area contributed by atoms with Crippen molar-refractivity contribution in [3.8, 4) is 11.5 Å². The lowest BCUT2D eigenvalue weighted by atomic mass is 10.2. The van der Waals surface area contributed by atoms with Crippen LogP contribution in [0.15, 0.2) is 94.4 Å². The van der Waals surface area contributed by atoms with E-state index < -0.39 is 0 Å². The summed E-state index contributed by atoms with van der Waals surface area (Å²) in [5.41, 5.74) is 6.55. The second-order valence-electron chi connectivity index (χ2n) is 6.07. The van der Waals surface area contributed by atoms with Crippen molar-refractivity contribution in [3.05, 3.63) is 89.6 Å². The summed E-state index contributed by atoms with van der Waals surface area (Å²) in [5, 5.41) is 5.67. The van der Waals surface area contributed by atoms with Crippen molar-refractivity contribution in [2.75, 3.05) is 5.43 Å². The van der Waals surface area contributed by atoms with Crippen LogP contribution in [-0.2, 0) is 0 Å². The summed E-state index contributed by atoms with van der Waals surface area (Å²) in [4.78, 5) is 4.84. The van der Waals surface area contributed by atoms with E-state index in [0.717, 1.165) is 37.2 Å². The van der Waals surface area contributed by atoms with Gasteiger partial charge in [-0.2, -0.15) is 5.10 Å². The first kappa shape index (κ1) is 15.8. The minimum Gasteiger partial charge on any atom is -0.454 e. The van der Waals surface area contributed by atoms with Gasteiger partial charge in [0.05, 0.1) is 15.9 Å². The predicted octanol–water partition coefficient (Wildman–Crippen LogP) is 5.64. The molecular formula is C22H15N3OS. The first-order valence-corrected chi connectivity index (χ1v) is 9.42. The first-order valence-electron chi connectivity index (χ1n) is 8.60. The number of nitrogens with one attached hydrogen (secondary N) is 1. The molecule has 5 aromatic rings. The minimum atomic E-state index is 0.715. The number of hydrogen-bond acceptors (Lipinski definition) is 5. The molecule has 0 unspecified atom stereocenters. The summed E-state index contributed by atoms with van der Waals surface area (Å²) in [6.45, 7) is 0. The molecule has 130 valence electrons. The average molecular weight is 369 g/mol. The Hall–Kier alpha value is -3.44. The van der Waals surface area contributed by atoms with Gasteiger partial charge >= 0.3 is 0 Å². The SMILES string of the molecule is c1ccc(N/N=c2/sc3ccccc3nc2-c2cc3ccccc3o2)cc1. The van der Waals surface area contributed by atoms with Gasteiger partial charge in [-0.15, -0.1) is 11.3 Å². The third-order valence-electron chi connectivity index (χ3n) is 4.23. The summed E-state index contributed by atoms with van der Waals surface area (Å²) in [5.74, 6) is 0.715. The molecule has 3 aromatic carbocycles. The predicted molar refractivity (Wildman–Crippen MR) is 110 cm³/mol. The summed E-state index contributed by atoms with van der Waals surface area (Å²) in [6.07, 6.45) is 0. The van der Waals surface area contributed by atoms with Gasteiger partial charge in [0.25, 0.3) is 0 Å². The Morgan fingerprint density at radius 1 is 0.852 bits per heavy atom. The van der Waals surface area contributed by atoms with E-state index in [-0.39, 0.29) is 0 Å². The fourth-order valence-electron chi connectivity index (χ4n) is 2.92. The number of fused-ring (bicyclic) bond motifs is 2. The summed E-state index contributed by atoms with van der Waals surface area (Å²) < 4.78 is 7.90. The Kier molecular flexibility index (Phi) is 3.92. The first-order chi connectivity index (χ1) is 13.4. The normalized spacial score (nSPS) is 11.9. The summed E-state index contributed by atoms with van der Waals surface area (Å²) in [6, 6.07) is 27.9. The fourth-order valence-corrected chi connectivity index (χ4v) is 3.83. The van der Waals surface area contributed by atoms with Crippen molar-refractivity contribution in [1.29, 1.82) is 0 Å². The highest BCUT2D eigenvalue weighted by molar-refractivity contribution is 7.16. The van der Waals surface area contributed by atoms with Crippen molar-refractivity contribution in [1.82, 2.24) is 4.98 Å². The largest absolute Gasteiger partial charge is 0.454 e. The Balaban J connectivity index is 1.71. The summed E-state index contributed by atoms with van der Waals surface area (Å²) in [7, 11) is 0. The molecule has 0 bridgehead atoms. The van der Waals surface area contributed by atoms with Crippen LogP contribution >= 0.6 is 11.3 Å². The topological polar surface area (TPSA) is 50.4 Å². The molecule has 0 fully saturated rings. The van der Waals surface area contributed by atoms with Crippen LogP contribution in [0, 0.1) is 0 Å². The number of nitrogens with zero attached hydrogens (tertiary/aromatic N) is 2. The van der Waals surface area contributed by atoms with Gasteiger partial charge in [0.15, 0.2) is 10.4 Å². The molecule has 5 rings (SSSR count). The zero-order chi connectivity index (χ0) is 18.1. The molecule has 0 atom stereocenters. The molecule has 5 heteroatoms. The standard InChI is InChI=1S/C22H15N3OS/c1-2-9-16(10-3-1)24-25-22-21(23-17-11-5-7-13-20(17)27-22)19-14-15-8-4-6-12-18(15)26-19/h1-14,24H/b25-22+. The van der Waals surface area contributed by atoms with Gasteiger partial charge in [0, 0.05) is 5.39 Å². The van der Waals surface area contributed by atoms with Crippen molar-refractivity contribution in [3.63, 3.8) is 0 Å². The number of rotatable bonds is 3. The van der Waals surface area contributed by atoms with Crippen LogP contribution in [0.3, 0.4) is 0 Å². The molecule has 27 heavy (non-hydrogen) atoms. The van der Waals surface area contributed by atoms with Crippen LogP contribution in [0.4, 0.5) is 5.69 Å². The zero-order valence-electron chi connectivity index (χ0n) is 14.3. The molecule has 0 saturated heterocycles. The smallest absolute Gasteiger partial charge is 0.166 e. The van der Waals surface area contributed by atoms with Crippen LogP contribution < -0.4 is 10.1 Å². The second-order valence-corrected chi connectivity index (χ2v) is 7.10. The monoisotopic (exact) mass is 369 g/mol. The van der Waals surface area contributed by atoms with E-state index in [1.54, 1.807) is 11.3 Å². The number of hydrogen-bond donors (Lipinski definition) is 1. The van der Waals surface area contributed by atoms with Crippen LogP contribution in [0.5, 0.6) is 0 Å². The maximum atomic E-state index is 6.05. The molecule has 0 aliphatic rings. The van der Waals surface area contributed by atoms with Gasteiger partial charge in [-0.05, 0) is 36.4 Å². The number of para-hydroxylation sites is 3. The second kappa shape index (κ2) is 6.70. The summed E-state index contributed by atoms with van der Waals surface area (Å²) >= 11 is 1.59. The highest BCUT2D eigenvalue weighted by atomic mass is 32.1. The third-order valence-corrected chi connectivity index (χ3v) is 5.27. The molecule has 0 spiro atoms. The Morgan fingerprint density at radius 3 is 2.52 bits per heavy atom. The Labute approximate surface area is 159 Å². The minimum absolute atomic E-state index is 0.715. The van der Waals surface area contributed by atoms with Crippen LogP contribution in [0.1, 0.15) is 0 Å². The molecule has 2 aromatic heterocycles. The zero-order valence-corrected chi connectivity index (χ0v) is 15.1. The van der Waals surface area contributed by atoms with Gasteiger partial charge < -0.3 is 4.42 Å². The lowest BCUT2D eigenvalue weighted by molar-refractivity contribution is 0.628. The van der Waals surface area contributed by atoms with E-state index in [9.17, 15) is 0 Å². The van der Waals surface area contributed by atoms with E-state index in [1.165, 1.54) is 0 Å². The number of anilines is 1. The molecule has 4 nitrogen and oxygen atoms in total. The van der Waals surface area contributed by atoms with Crippen molar-refractivity contribution >= 4 is 38.2 Å². The van der Waals surface area contributed by atoms with Gasteiger partial charge in [-0.25, -0.2) is 4.98 Å². The van der Waals surface area contributed by atoms with E-state index >= 15 is 0 Å². The highest BCUT2D eigenvalue weighted by Crippen LogP contribution is 2.27. The highest BCUT2D eigenvalue weighted by Gasteiger charge is 2.12. The maximum Gasteiger partial charge on any atom is 0.166 e. The van der Waals surface area contributed by atoms with Gasteiger partial charge in [0.2, 0.25) is 0 Å². The number of benzene rings is 3. The molecule has 0 aliphatic heterocycles. The molecule has 0 radical (unpaired) electrons. The van der Waals surface area contributed by atoms with E-state index in [4.69, 9.17) is 9.40 Å². The quantitative estimate of drug-likeness (QED) is 0.419. The Bertz CT molecular complexity index is 1270. The number of aromatic nitrogens is 1. The van der Waals surface area contributed by atoms with Gasteiger partial charge in [-0.1, -0.05) is 48.5 Å². The Morgan fingerprint density at radius 2 is 1.63 bits per heavy atom. The average Bonchev–Trinajstić information content (AvgIpc) is 3.16. The molecule has 1 N–H and O–H groups in total. The van der Waals surface area contributed by atoms with Gasteiger partial charge in [0.1, 0.15) is 11.3 Å². The molecular weight excluding hydrogens is 354 g/mol. The van der Waals surface area contributed by atoms with E-state index in [1.807, 2.05) is 78.9 Å². The van der Waals surface area contributed by atoms with E-state index in [2.05, 4.69) is 16.6 Å².